The Balaban J connectivity index is 1.36. The summed E-state index contributed by atoms with van der Waals surface area (Å²) in [5, 5.41) is 11.0. The van der Waals surface area contributed by atoms with Crippen LogP contribution in [0.1, 0.15) is 21.5 Å². The Hall–Kier alpha value is -4.00. The van der Waals surface area contributed by atoms with Gasteiger partial charge in [-0.2, -0.15) is 0 Å². The van der Waals surface area contributed by atoms with Crippen molar-refractivity contribution in [2.24, 2.45) is 0 Å². The third-order valence-corrected chi connectivity index (χ3v) is 4.89. The molecule has 3 aromatic rings. The zero-order valence-electron chi connectivity index (χ0n) is 15.9. The first-order chi connectivity index (χ1) is 14.5. The van der Waals surface area contributed by atoms with Crippen molar-refractivity contribution in [3.8, 4) is 16.9 Å². The number of carbonyl (C=O) groups excluding carboxylic acids is 2. The lowest BCUT2D eigenvalue weighted by molar-refractivity contribution is -0.385. The quantitative estimate of drug-likeness (QED) is 0.201. The van der Waals surface area contributed by atoms with Crippen LogP contribution in [0.15, 0.2) is 66.7 Å². The van der Waals surface area contributed by atoms with Gasteiger partial charge in [-0.05, 0) is 40.8 Å². The number of rotatable bonds is 7. The van der Waals surface area contributed by atoms with Crippen LogP contribution in [0.3, 0.4) is 0 Å². The molecule has 30 heavy (non-hydrogen) atoms. The molecule has 4 rings (SSSR count). The highest BCUT2D eigenvalue weighted by Gasteiger charge is 2.20. The lowest BCUT2D eigenvalue weighted by atomic mass is 10.0. The summed E-state index contributed by atoms with van der Waals surface area (Å²) in [6.07, 6.45) is 0.831. The smallest absolute Gasteiger partial charge is 0.344 e. The molecule has 0 saturated heterocycles. The third kappa shape index (κ3) is 3.91. The van der Waals surface area contributed by atoms with E-state index >= 15 is 0 Å². The van der Waals surface area contributed by atoms with E-state index in [1.165, 1.54) is 23.8 Å². The van der Waals surface area contributed by atoms with Crippen LogP contribution in [0, 0.1) is 10.1 Å². The summed E-state index contributed by atoms with van der Waals surface area (Å²) in [5.74, 6) is -1.16. The number of hydrogen-bond donors (Lipinski definition) is 0. The van der Waals surface area contributed by atoms with Crippen LogP contribution in [-0.2, 0) is 16.0 Å². The van der Waals surface area contributed by atoms with Gasteiger partial charge in [0.05, 0.1) is 4.92 Å². The standard InChI is InChI=1S/C23H17NO6/c25-21(13-30-23(26)14-29-22-8-4-3-7-20(22)24(27)28)17-10-9-16-11-15-5-1-2-6-18(15)19(16)12-17/h1-10,12H,11,13-14H2. The SMILES string of the molecule is O=C(COc1ccccc1[N+](=O)[O-])OCC(=O)c1ccc2c(c1)-c1ccccc1C2. The van der Waals surface area contributed by atoms with Crippen molar-refractivity contribution in [1.29, 1.82) is 0 Å². The van der Waals surface area contributed by atoms with Gasteiger partial charge in [-0.1, -0.05) is 48.5 Å². The molecule has 0 amide bonds. The molecule has 0 unspecified atom stereocenters. The number of ketones is 1. The fourth-order valence-electron chi connectivity index (χ4n) is 3.43. The Morgan fingerprint density at radius 1 is 0.900 bits per heavy atom. The summed E-state index contributed by atoms with van der Waals surface area (Å²) in [7, 11) is 0. The molecule has 0 spiro atoms. The maximum atomic E-state index is 12.5. The number of Topliss-reactive ketones (excluding diaryl/α,β-unsaturated/α-hetero) is 1. The van der Waals surface area contributed by atoms with Crippen molar-refractivity contribution in [2.45, 2.75) is 6.42 Å². The first-order valence-corrected chi connectivity index (χ1v) is 9.29. The molecule has 1 aliphatic carbocycles. The number of esters is 1. The van der Waals surface area contributed by atoms with E-state index in [1.54, 1.807) is 12.1 Å². The Morgan fingerprint density at radius 3 is 2.47 bits per heavy atom. The molecule has 0 radical (unpaired) electrons. The van der Waals surface area contributed by atoms with Gasteiger partial charge in [0.15, 0.2) is 24.7 Å². The number of para-hydroxylation sites is 2. The van der Waals surface area contributed by atoms with Crippen molar-refractivity contribution < 1.29 is 24.0 Å². The third-order valence-electron chi connectivity index (χ3n) is 4.89. The van der Waals surface area contributed by atoms with Gasteiger partial charge in [0.1, 0.15) is 0 Å². The highest BCUT2D eigenvalue weighted by atomic mass is 16.6. The summed E-state index contributed by atoms with van der Waals surface area (Å²) in [5.41, 5.74) is 4.70. The number of hydrogen-bond acceptors (Lipinski definition) is 6. The van der Waals surface area contributed by atoms with E-state index in [-0.39, 0.29) is 17.2 Å². The van der Waals surface area contributed by atoms with Crippen molar-refractivity contribution in [1.82, 2.24) is 0 Å². The number of carbonyl (C=O) groups is 2. The largest absolute Gasteiger partial charge is 0.475 e. The molecule has 0 aliphatic heterocycles. The van der Waals surface area contributed by atoms with Crippen molar-refractivity contribution in [3.05, 3.63) is 93.5 Å². The molecule has 0 heterocycles. The second-order valence-corrected chi connectivity index (χ2v) is 6.80. The van der Waals surface area contributed by atoms with E-state index in [9.17, 15) is 19.7 Å². The van der Waals surface area contributed by atoms with Crippen LogP contribution in [0.5, 0.6) is 5.75 Å². The van der Waals surface area contributed by atoms with Gasteiger partial charge in [-0.25, -0.2) is 4.79 Å². The van der Waals surface area contributed by atoms with E-state index in [1.807, 2.05) is 30.3 Å². The predicted molar refractivity (Wildman–Crippen MR) is 109 cm³/mol. The predicted octanol–water partition coefficient (Wildman–Crippen LogP) is 3.97. The molecule has 3 aromatic carbocycles. The van der Waals surface area contributed by atoms with E-state index in [4.69, 9.17) is 9.47 Å². The first kappa shape index (κ1) is 19.3. The number of fused-ring (bicyclic) bond motifs is 3. The number of ether oxygens (including phenoxy) is 2. The lowest BCUT2D eigenvalue weighted by Gasteiger charge is -2.08. The second-order valence-electron chi connectivity index (χ2n) is 6.80. The minimum absolute atomic E-state index is 0.0388. The normalized spacial score (nSPS) is 11.3. The van der Waals surface area contributed by atoms with Gasteiger partial charge in [-0.15, -0.1) is 0 Å². The van der Waals surface area contributed by atoms with Crippen molar-refractivity contribution in [2.75, 3.05) is 13.2 Å². The van der Waals surface area contributed by atoms with E-state index in [2.05, 4.69) is 6.07 Å². The number of nitro benzene ring substituents is 1. The summed E-state index contributed by atoms with van der Waals surface area (Å²) < 4.78 is 10.2. The highest BCUT2D eigenvalue weighted by molar-refractivity contribution is 5.99. The Bertz CT molecular complexity index is 1150. The molecule has 7 nitrogen and oxygen atoms in total. The zero-order chi connectivity index (χ0) is 21.1. The molecule has 0 fully saturated rings. The zero-order valence-corrected chi connectivity index (χ0v) is 15.9. The molecule has 7 heteroatoms. The monoisotopic (exact) mass is 403 g/mol. The topological polar surface area (TPSA) is 95.7 Å². The number of nitro groups is 1. The Morgan fingerprint density at radius 2 is 1.63 bits per heavy atom. The van der Waals surface area contributed by atoms with Gasteiger partial charge in [0, 0.05) is 11.6 Å². The summed E-state index contributed by atoms with van der Waals surface area (Å²) in [6.45, 7) is -0.963. The van der Waals surface area contributed by atoms with E-state index in [0.29, 0.717) is 5.56 Å². The molecular weight excluding hydrogens is 386 g/mol. The van der Waals surface area contributed by atoms with Gasteiger partial charge >= 0.3 is 11.7 Å². The minimum Gasteiger partial charge on any atom is -0.475 e. The molecule has 0 N–H and O–H groups in total. The number of nitrogens with zero attached hydrogens (tertiary/aromatic N) is 1. The average molecular weight is 403 g/mol. The van der Waals surface area contributed by atoms with Crippen LogP contribution in [-0.4, -0.2) is 29.9 Å². The molecule has 0 saturated carbocycles. The maximum Gasteiger partial charge on any atom is 0.344 e. The number of benzene rings is 3. The van der Waals surface area contributed by atoms with Crippen LogP contribution in [0.4, 0.5) is 5.69 Å². The summed E-state index contributed by atoms with van der Waals surface area (Å²) in [6, 6.07) is 19.2. The maximum absolute atomic E-state index is 12.5. The molecule has 0 bridgehead atoms. The molecule has 1 aliphatic rings. The fourth-order valence-corrected chi connectivity index (χ4v) is 3.43. The van der Waals surface area contributed by atoms with E-state index < -0.39 is 24.1 Å². The Labute approximate surface area is 172 Å². The van der Waals surface area contributed by atoms with Crippen molar-refractivity contribution >= 4 is 17.4 Å². The molecule has 0 atom stereocenters. The molecular formula is C23H17NO6. The summed E-state index contributed by atoms with van der Waals surface area (Å²) in [4.78, 5) is 34.7. The first-order valence-electron chi connectivity index (χ1n) is 9.29. The van der Waals surface area contributed by atoms with Crippen LogP contribution < -0.4 is 4.74 Å². The summed E-state index contributed by atoms with van der Waals surface area (Å²) >= 11 is 0. The minimum atomic E-state index is -0.784. The van der Waals surface area contributed by atoms with Gasteiger partial charge in [-0.3, -0.25) is 14.9 Å². The fraction of sp³-hybridized carbons (Fsp3) is 0.130. The second kappa shape index (κ2) is 8.16. The van der Waals surface area contributed by atoms with Crippen molar-refractivity contribution in [3.63, 3.8) is 0 Å². The van der Waals surface area contributed by atoms with Crippen LogP contribution >= 0.6 is 0 Å². The van der Waals surface area contributed by atoms with Gasteiger partial charge < -0.3 is 9.47 Å². The highest BCUT2D eigenvalue weighted by Crippen LogP contribution is 2.36. The Kier molecular flexibility index (Phi) is 5.26. The van der Waals surface area contributed by atoms with Gasteiger partial charge in [0.25, 0.3) is 0 Å². The van der Waals surface area contributed by atoms with E-state index in [0.717, 1.165) is 23.1 Å². The van der Waals surface area contributed by atoms with Crippen LogP contribution in [0.2, 0.25) is 0 Å². The molecule has 150 valence electrons. The lowest BCUT2D eigenvalue weighted by Crippen LogP contribution is -2.19. The van der Waals surface area contributed by atoms with Gasteiger partial charge in [0.2, 0.25) is 0 Å². The average Bonchev–Trinajstić information content (AvgIpc) is 3.14. The van der Waals surface area contributed by atoms with Crippen LogP contribution in [0.25, 0.3) is 11.1 Å². The molecule has 0 aromatic heterocycles.